The Balaban J connectivity index is 1.90. The van der Waals surface area contributed by atoms with Crippen molar-refractivity contribution in [2.45, 2.75) is 30.4 Å². The molecule has 8 heteroatoms. The molecule has 0 unspecified atom stereocenters. The molecule has 160 valence electrons. The van der Waals surface area contributed by atoms with Crippen LogP contribution in [0.15, 0.2) is 53.4 Å². The van der Waals surface area contributed by atoms with E-state index in [0.717, 1.165) is 18.6 Å². The van der Waals surface area contributed by atoms with Crippen LogP contribution in [0.3, 0.4) is 0 Å². The molecule has 1 aromatic heterocycles. The summed E-state index contributed by atoms with van der Waals surface area (Å²) in [6.07, 6.45) is 1.07. The van der Waals surface area contributed by atoms with Crippen molar-refractivity contribution in [2.75, 3.05) is 18.0 Å². The maximum Gasteiger partial charge on any atom is 0.200 e. The number of para-hydroxylation sites is 2. The summed E-state index contributed by atoms with van der Waals surface area (Å²) in [5.41, 5.74) is 1.28. The Morgan fingerprint density at radius 1 is 1.03 bits per heavy atom. The molecule has 0 aliphatic carbocycles. The van der Waals surface area contributed by atoms with Gasteiger partial charge in [-0.1, -0.05) is 26.0 Å². The first kappa shape index (κ1) is 21.2. The molecule has 0 saturated carbocycles. The van der Waals surface area contributed by atoms with Crippen molar-refractivity contribution in [3.8, 4) is 6.07 Å². The van der Waals surface area contributed by atoms with E-state index in [1.54, 1.807) is 12.1 Å². The largest absolute Gasteiger partial charge is 0.354 e. The first-order valence-corrected chi connectivity index (χ1v) is 11.7. The fourth-order valence-corrected chi connectivity index (χ4v) is 5.67. The van der Waals surface area contributed by atoms with Crippen molar-refractivity contribution in [1.82, 2.24) is 9.97 Å². The number of nitrogens with zero attached hydrogens (tertiary/aromatic N) is 4. The molecule has 2 aromatic carbocycles. The van der Waals surface area contributed by atoms with E-state index in [4.69, 9.17) is 4.98 Å². The minimum absolute atomic E-state index is 0.117. The second-order valence-electron chi connectivity index (χ2n) is 8.28. The van der Waals surface area contributed by atoms with Gasteiger partial charge in [0.1, 0.15) is 11.5 Å². The summed E-state index contributed by atoms with van der Waals surface area (Å²) in [6.45, 7) is 5.71. The summed E-state index contributed by atoms with van der Waals surface area (Å²) < 4.78 is 40.0. The molecule has 1 fully saturated rings. The predicted molar refractivity (Wildman–Crippen MR) is 117 cm³/mol. The number of hydrogen-bond donors (Lipinski definition) is 0. The van der Waals surface area contributed by atoms with Crippen molar-refractivity contribution in [1.29, 1.82) is 5.26 Å². The lowest BCUT2D eigenvalue weighted by Gasteiger charge is -2.36. The molecule has 0 bridgehead atoms. The minimum Gasteiger partial charge on any atom is -0.354 e. The maximum absolute atomic E-state index is 13.3. The van der Waals surface area contributed by atoms with Gasteiger partial charge in [0.25, 0.3) is 0 Å². The second-order valence-corrected chi connectivity index (χ2v) is 10.3. The Bertz CT molecular complexity index is 1240. The van der Waals surface area contributed by atoms with Gasteiger partial charge in [-0.25, -0.2) is 22.8 Å². The number of halogens is 1. The van der Waals surface area contributed by atoms with Crippen LogP contribution >= 0.6 is 0 Å². The Labute approximate surface area is 181 Å². The SMILES string of the molecule is C[C@@H]1C[C@H](C)CN(c2nc3ccccc3nc2[C@@H](C#N)S(=O)(=O)c2ccc(F)cc2)C1. The number of benzene rings is 2. The second kappa shape index (κ2) is 8.23. The van der Waals surface area contributed by atoms with Crippen LogP contribution in [-0.4, -0.2) is 31.5 Å². The summed E-state index contributed by atoms with van der Waals surface area (Å²) in [7, 11) is -4.13. The highest BCUT2D eigenvalue weighted by molar-refractivity contribution is 7.92. The summed E-state index contributed by atoms with van der Waals surface area (Å²) in [4.78, 5) is 11.3. The van der Waals surface area contributed by atoms with E-state index in [2.05, 4.69) is 18.8 Å². The number of sulfone groups is 1. The molecule has 3 aromatic rings. The van der Waals surface area contributed by atoms with Gasteiger partial charge in [-0.3, -0.25) is 0 Å². The maximum atomic E-state index is 13.3. The molecule has 0 amide bonds. The Morgan fingerprint density at radius 2 is 1.61 bits per heavy atom. The van der Waals surface area contributed by atoms with Crippen LogP contribution < -0.4 is 4.90 Å². The summed E-state index contributed by atoms with van der Waals surface area (Å²) in [6, 6.07) is 13.6. The molecule has 4 rings (SSSR count). The van der Waals surface area contributed by atoms with Gasteiger partial charge in [-0.05, 0) is 54.7 Å². The van der Waals surface area contributed by atoms with Crippen molar-refractivity contribution < 1.29 is 12.8 Å². The van der Waals surface area contributed by atoms with Crippen molar-refractivity contribution in [2.24, 2.45) is 11.8 Å². The van der Waals surface area contributed by atoms with Gasteiger partial charge in [0.15, 0.2) is 11.1 Å². The van der Waals surface area contributed by atoms with Gasteiger partial charge in [-0.2, -0.15) is 5.26 Å². The molecular formula is C23H23FN4O2S. The number of rotatable bonds is 4. The average Bonchev–Trinajstić information content (AvgIpc) is 2.73. The van der Waals surface area contributed by atoms with Crippen molar-refractivity contribution in [3.63, 3.8) is 0 Å². The zero-order valence-electron chi connectivity index (χ0n) is 17.4. The molecule has 1 saturated heterocycles. The molecule has 2 heterocycles. The summed E-state index contributed by atoms with van der Waals surface area (Å²) in [5.74, 6) is 0.683. The lowest BCUT2D eigenvalue weighted by molar-refractivity contribution is 0.355. The molecule has 3 atom stereocenters. The quantitative estimate of drug-likeness (QED) is 0.565. The van der Waals surface area contributed by atoms with Crippen LogP contribution in [0.5, 0.6) is 0 Å². The molecule has 0 radical (unpaired) electrons. The smallest absolute Gasteiger partial charge is 0.200 e. The number of anilines is 1. The standard InChI is InChI=1S/C23H23FN4O2S/c1-15-11-16(2)14-28(13-15)23-22(26-19-5-3-4-6-20(19)27-23)21(12-25)31(29,30)18-9-7-17(24)8-10-18/h3-10,15-16,21H,11,13-14H2,1-2H3/t15-,16+,21-/m1/s1. The number of piperidine rings is 1. The first-order chi connectivity index (χ1) is 14.8. The van der Waals surface area contributed by atoms with Gasteiger partial charge >= 0.3 is 0 Å². The highest BCUT2D eigenvalue weighted by Crippen LogP contribution is 2.36. The molecule has 0 spiro atoms. The van der Waals surface area contributed by atoms with Gasteiger partial charge in [0, 0.05) is 13.1 Å². The van der Waals surface area contributed by atoms with Crippen molar-refractivity contribution in [3.05, 3.63) is 60.0 Å². The molecule has 1 aliphatic rings. The summed E-state index contributed by atoms with van der Waals surface area (Å²) in [5, 5.41) is 8.38. The molecule has 6 nitrogen and oxygen atoms in total. The number of aromatic nitrogens is 2. The highest BCUT2D eigenvalue weighted by atomic mass is 32.2. The monoisotopic (exact) mass is 438 g/mol. The van der Waals surface area contributed by atoms with Crippen LogP contribution in [0, 0.1) is 29.0 Å². The zero-order valence-corrected chi connectivity index (χ0v) is 18.2. The van der Waals surface area contributed by atoms with E-state index in [0.29, 0.717) is 41.8 Å². The Kier molecular flexibility index (Phi) is 5.63. The van der Waals surface area contributed by atoms with Gasteiger partial charge in [0.2, 0.25) is 9.84 Å². The van der Waals surface area contributed by atoms with E-state index in [1.165, 1.54) is 12.1 Å². The fraction of sp³-hybridized carbons (Fsp3) is 0.348. The fourth-order valence-electron chi connectivity index (χ4n) is 4.29. The van der Waals surface area contributed by atoms with Crippen LogP contribution in [0.25, 0.3) is 11.0 Å². The van der Waals surface area contributed by atoms with E-state index >= 15 is 0 Å². The Hall–Kier alpha value is -3.05. The predicted octanol–water partition coefficient (Wildman–Crippen LogP) is 4.29. The molecule has 31 heavy (non-hydrogen) atoms. The van der Waals surface area contributed by atoms with Gasteiger partial charge in [0.05, 0.1) is 22.0 Å². The van der Waals surface area contributed by atoms with E-state index in [-0.39, 0.29) is 10.6 Å². The normalized spacial score (nSPS) is 20.4. The molecule has 0 N–H and O–H groups in total. The van der Waals surface area contributed by atoms with Crippen LogP contribution in [0.4, 0.5) is 10.2 Å². The number of hydrogen-bond acceptors (Lipinski definition) is 6. The third-order valence-corrected chi connectivity index (χ3v) is 7.44. The number of fused-ring (bicyclic) bond motifs is 1. The minimum atomic E-state index is -4.13. The van der Waals surface area contributed by atoms with E-state index < -0.39 is 20.9 Å². The van der Waals surface area contributed by atoms with Gasteiger partial charge < -0.3 is 4.90 Å². The lowest BCUT2D eigenvalue weighted by Crippen LogP contribution is -2.40. The van der Waals surface area contributed by atoms with Crippen LogP contribution in [-0.2, 0) is 9.84 Å². The zero-order chi connectivity index (χ0) is 22.2. The van der Waals surface area contributed by atoms with Crippen LogP contribution in [0.1, 0.15) is 31.2 Å². The van der Waals surface area contributed by atoms with Gasteiger partial charge in [-0.15, -0.1) is 0 Å². The Morgan fingerprint density at radius 3 is 2.19 bits per heavy atom. The van der Waals surface area contributed by atoms with E-state index in [9.17, 15) is 18.1 Å². The topological polar surface area (TPSA) is 86.9 Å². The summed E-state index contributed by atoms with van der Waals surface area (Å²) >= 11 is 0. The van der Waals surface area contributed by atoms with E-state index in [1.807, 2.05) is 23.1 Å². The molecule has 1 aliphatic heterocycles. The number of nitriles is 1. The highest BCUT2D eigenvalue weighted by Gasteiger charge is 2.36. The third-order valence-electron chi connectivity index (χ3n) is 5.56. The average molecular weight is 439 g/mol. The molecular weight excluding hydrogens is 415 g/mol. The van der Waals surface area contributed by atoms with Crippen LogP contribution in [0.2, 0.25) is 0 Å². The first-order valence-electron chi connectivity index (χ1n) is 10.2. The van der Waals surface area contributed by atoms with Crippen molar-refractivity contribution >= 4 is 26.7 Å². The third kappa shape index (κ3) is 4.10. The lowest BCUT2D eigenvalue weighted by atomic mass is 9.92.